The van der Waals surface area contributed by atoms with Crippen molar-refractivity contribution < 1.29 is 10.2 Å². The minimum absolute atomic E-state index is 0.194. The van der Waals surface area contributed by atoms with Crippen molar-refractivity contribution in [2.45, 2.75) is 6.10 Å². The molecule has 0 atom stereocenters. The van der Waals surface area contributed by atoms with Crippen molar-refractivity contribution in [3.63, 3.8) is 0 Å². The number of nitrogens with one attached hydrogen (secondary N) is 1. The van der Waals surface area contributed by atoms with Crippen LogP contribution in [0.5, 0.6) is 0 Å². The molecular weight excluding hydrogens is 220 g/mol. The Bertz CT molecular complexity index is 131. The van der Waals surface area contributed by atoms with Crippen LogP contribution >= 0.6 is 0 Å². The standard InChI is InChI=1S/C7H18N2O.C4H12N2O/c1-8(2)5-7(10)6-9(3)4;5-1-2-6-3-4-7/h7,10H,5-6H2,1-4H3;6-7H,1-5H2. The third-order valence-corrected chi connectivity index (χ3v) is 1.76. The van der Waals surface area contributed by atoms with E-state index in [9.17, 15) is 5.11 Å². The number of rotatable bonds is 8. The van der Waals surface area contributed by atoms with Crippen LogP contribution in [0.3, 0.4) is 0 Å². The monoisotopic (exact) mass is 250 g/mol. The Balaban J connectivity index is 0. The smallest absolute Gasteiger partial charge is 0.0793 e. The predicted octanol–water partition coefficient (Wildman–Crippen LogP) is -2.00. The number of hydrogen-bond donors (Lipinski definition) is 4. The fourth-order valence-electron chi connectivity index (χ4n) is 1.21. The fourth-order valence-corrected chi connectivity index (χ4v) is 1.21. The molecule has 0 aliphatic heterocycles. The molecule has 0 radical (unpaired) electrons. The molecule has 0 aromatic carbocycles. The Hall–Kier alpha value is -0.240. The number of aliphatic hydroxyl groups excluding tert-OH is 2. The third kappa shape index (κ3) is 21.6. The first-order valence-corrected chi connectivity index (χ1v) is 5.93. The van der Waals surface area contributed by atoms with Gasteiger partial charge in [-0.1, -0.05) is 0 Å². The molecule has 5 N–H and O–H groups in total. The van der Waals surface area contributed by atoms with Gasteiger partial charge in [0.1, 0.15) is 0 Å². The van der Waals surface area contributed by atoms with Crippen LogP contribution < -0.4 is 11.1 Å². The van der Waals surface area contributed by atoms with Crippen LogP contribution in [0.25, 0.3) is 0 Å². The number of nitrogens with two attached hydrogens (primary N) is 1. The normalized spacial score (nSPS) is 10.9. The second kappa shape index (κ2) is 13.8. The summed E-state index contributed by atoms with van der Waals surface area (Å²) < 4.78 is 0. The minimum Gasteiger partial charge on any atom is -0.395 e. The molecule has 106 valence electrons. The van der Waals surface area contributed by atoms with Gasteiger partial charge in [-0.2, -0.15) is 0 Å². The Morgan fingerprint density at radius 1 is 1.06 bits per heavy atom. The molecule has 6 nitrogen and oxygen atoms in total. The molecule has 0 fully saturated rings. The van der Waals surface area contributed by atoms with Crippen molar-refractivity contribution in [1.82, 2.24) is 15.1 Å². The summed E-state index contributed by atoms with van der Waals surface area (Å²) in [5.74, 6) is 0. The maximum Gasteiger partial charge on any atom is 0.0793 e. The molecule has 0 saturated carbocycles. The Morgan fingerprint density at radius 2 is 1.53 bits per heavy atom. The molecule has 0 aromatic rings. The lowest BCUT2D eigenvalue weighted by atomic mass is 10.3. The Morgan fingerprint density at radius 3 is 1.82 bits per heavy atom. The number of hydrogen-bond acceptors (Lipinski definition) is 6. The molecule has 0 amide bonds. The number of likely N-dealkylation sites (N-methyl/N-ethyl adjacent to an activating group) is 2. The van der Waals surface area contributed by atoms with Crippen LogP contribution in [-0.4, -0.2) is 93.6 Å². The second-order valence-corrected chi connectivity index (χ2v) is 4.44. The highest BCUT2D eigenvalue weighted by atomic mass is 16.3. The zero-order chi connectivity index (χ0) is 13.7. The van der Waals surface area contributed by atoms with Crippen molar-refractivity contribution in [2.24, 2.45) is 5.73 Å². The topological polar surface area (TPSA) is 85.0 Å². The highest BCUT2D eigenvalue weighted by Crippen LogP contribution is 1.87. The fraction of sp³-hybridized carbons (Fsp3) is 1.00. The van der Waals surface area contributed by atoms with Crippen molar-refractivity contribution in [1.29, 1.82) is 0 Å². The van der Waals surface area contributed by atoms with Crippen LogP contribution in [0.2, 0.25) is 0 Å². The van der Waals surface area contributed by atoms with Gasteiger partial charge >= 0.3 is 0 Å². The molecule has 0 saturated heterocycles. The van der Waals surface area contributed by atoms with E-state index in [4.69, 9.17) is 10.8 Å². The van der Waals surface area contributed by atoms with Crippen LogP contribution in [0, 0.1) is 0 Å². The van der Waals surface area contributed by atoms with Gasteiger partial charge in [0.25, 0.3) is 0 Å². The van der Waals surface area contributed by atoms with Crippen molar-refractivity contribution in [2.75, 3.05) is 67.5 Å². The van der Waals surface area contributed by atoms with Gasteiger partial charge in [-0.05, 0) is 28.2 Å². The zero-order valence-corrected chi connectivity index (χ0v) is 11.7. The number of nitrogens with zero attached hydrogens (tertiary/aromatic N) is 2. The highest BCUT2D eigenvalue weighted by molar-refractivity contribution is 4.60. The summed E-state index contributed by atoms with van der Waals surface area (Å²) in [4.78, 5) is 3.96. The summed E-state index contributed by atoms with van der Waals surface area (Å²) in [6, 6.07) is 0. The van der Waals surface area contributed by atoms with Crippen molar-refractivity contribution in [3.05, 3.63) is 0 Å². The summed E-state index contributed by atoms with van der Waals surface area (Å²) in [6.45, 7) is 3.74. The molecule has 0 aliphatic rings. The molecule has 0 spiro atoms. The first-order chi connectivity index (χ1) is 7.93. The van der Waals surface area contributed by atoms with E-state index in [1.807, 2.05) is 38.0 Å². The van der Waals surface area contributed by atoms with Gasteiger partial charge in [0.15, 0.2) is 0 Å². The molecule has 0 heterocycles. The molecule has 0 aliphatic carbocycles. The van der Waals surface area contributed by atoms with Gasteiger partial charge in [-0.25, -0.2) is 0 Å². The summed E-state index contributed by atoms with van der Waals surface area (Å²) in [5.41, 5.74) is 5.13. The third-order valence-electron chi connectivity index (χ3n) is 1.76. The first-order valence-electron chi connectivity index (χ1n) is 5.93. The van der Waals surface area contributed by atoms with E-state index in [1.54, 1.807) is 0 Å². The van der Waals surface area contributed by atoms with E-state index < -0.39 is 0 Å². The maximum absolute atomic E-state index is 9.31. The summed E-state index contributed by atoms with van der Waals surface area (Å²) in [6.07, 6.45) is -0.231. The van der Waals surface area contributed by atoms with E-state index in [-0.39, 0.29) is 12.7 Å². The summed E-state index contributed by atoms with van der Waals surface area (Å²) >= 11 is 0. The van der Waals surface area contributed by atoms with Crippen LogP contribution in [0.4, 0.5) is 0 Å². The van der Waals surface area contributed by atoms with Crippen LogP contribution in [-0.2, 0) is 0 Å². The highest BCUT2D eigenvalue weighted by Gasteiger charge is 2.05. The van der Waals surface area contributed by atoms with Gasteiger partial charge in [-0.3, -0.25) is 0 Å². The van der Waals surface area contributed by atoms with E-state index in [1.165, 1.54) is 0 Å². The zero-order valence-electron chi connectivity index (χ0n) is 11.7. The summed E-state index contributed by atoms with van der Waals surface area (Å²) in [7, 11) is 7.83. The van der Waals surface area contributed by atoms with Crippen molar-refractivity contribution >= 4 is 0 Å². The van der Waals surface area contributed by atoms with Crippen LogP contribution in [0.15, 0.2) is 0 Å². The SMILES string of the molecule is CN(C)CC(O)CN(C)C.NCCNCCO. The first kappa shape index (κ1) is 19.1. The van der Waals surface area contributed by atoms with E-state index in [0.717, 1.165) is 19.6 Å². The Labute approximate surface area is 105 Å². The van der Waals surface area contributed by atoms with Gasteiger partial charge in [0.2, 0.25) is 0 Å². The molecular formula is C11H30N4O2. The van der Waals surface area contributed by atoms with Crippen molar-refractivity contribution in [3.8, 4) is 0 Å². The van der Waals surface area contributed by atoms with Gasteiger partial charge in [-0.15, -0.1) is 0 Å². The lowest BCUT2D eigenvalue weighted by molar-refractivity contribution is 0.107. The van der Waals surface area contributed by atoms with Gasteiger partial charge in [0, 0.05) is 32.7 Å². The lowest BCUT2D eigenvalue weighted by Gasteiger charge is -2.19. The maximum atomic E-state index is 9.31. The molecule has 17 heavy (non-hydrogen) atoms. The summed E-state index contributed by atoms with van der Waals surface area (Å²) in [5, 5.41) is 20.4. The molecule has 0 bridgehead atoms. The Kier molecular flexibility index (Phi) is 15.5. The average Bonchev–Trinajstić information content (AvgIpc) is 2.16. The largest absolute Gasteiger partial charge is 0.395 e. The van der Waals surface area contributed by atoms with Gasteiger partial charge < -0.3 is 31.1 Å². The molecule has 0 unspecified atom stereocenters. The quantitative estimate of drug-likeness (QED) is 0.373. The van der Waals surface area contributed by atoms with E-state index in [0.29, 0.717) is 13.1 Å². The van der Waals surface area contributed by atoms with Crippen LogP contribution in [0.1, 0.15) is 0 Å². The lowest BCUT2D eigenvalue weighted by Crippen LogP contribution is -2.34. The predicted molar refractivity (Wildman–Crippen MR) is 72.1 cm³/mol. The van der Waals surface area contributed by atoms with Gasteiger partial charge in [0.05, 0.1) is 12.7 Å². The van der Waals surface area contributed by atoms with E-state index >= 15 is 0 Å². The molecule has 6 heteroatoms. The number of aliphatic hydroxyl groups is 2. The van der Waals surface area contributed by atoms with E-state index in [2.05, 4.69) is 5.32 Å². The molecule has 0 aromatic heterocycles. The molecule has 0 rings (SSSR count). The second-order valence-electron chi connectivity index (χ2n) is 4.44. The minimum atomic E-state index is -0.231. The average molecular weight is 250 g/mol.